The molecule has 1 nitrogen and oxygen atoms in total. The van der Waals surface area contributed by atoms with Crippen molar-refractivity contribution in [2.45, 2.75) is 24.3 Å². The lowest BCUT2D eigenvalue weighted by Gasteiger charge is -2.18. The molecule has 0 aromatic heterocycles. The van der Waals surface area contributed by atoms with Gasteiger partial charge in [0.25, 0.3) is 0 Å². The Balaban J connectivity index is 2.00. The lowest BCUT2D eigenvalue weighted by molar-refractivity contribution is 0.573. The molecule has 0 aliphatic carbocycles. The van der Waals surface area contributed by atoms with E-state index in [1.54, 1.807) is 0 Å². The second-order valence-electron chi connectivity index (χ2n) is 4.80. The van der Waals surface area contributed by atoms with Crippen molar-refractivity contribution in [1.82, 2.24) is 5.32 Å². The van der Waals surface area contributed by atoms with Gasteiger partial charge in [-0.05, 0) is 36.7 Å². The van der Waals surface area contributed by atoms with Crippen LogP contribution in [0.1, 0.15) is 12.5 Å². The number of likely N-dealkylation sites (N-methyl/N-ethyl adjacent to an activating group) is 1. The van der Waals surface area contributed by atoms with E-state index in [1.807, 2.05) is 36.0 Å². The minimum atomic E-state index is 0.371. The van der Waals surface area contributed by atoms with Gasteiger partial charge in [0.15, 0.2) is 0 Å². The SMILES string of the molecule is CCNC(CSc1ccccc1)Cc1cccc(Cl)c1Cl. The van der Waals surface area contributed by atoms with Crippen LogP contribution in [0.4, 0.5) is 0 Å². The van der Waals surface area contributed by atoms with E-state index >= 15 is 0 Å². The number of thioether (sulfide) groups is 1. The molecule has 1 unspecified atom stereocenters. The van der Waals surface area contributed by atoms with E-state index in [-0.39, 0.29) is 0 Å². The molecular formula is C17H19Cl2NS. The highest BCUT2D eigenvalue weighted by Crippen LogP contribution is 2.27. The largest absolute Gasteiger partial charge is 0.313 e. The second-order valence-corrected chi connectivity index (χ2v) is 6.67. The maximum Gasteiger partial charge on any atom is 0.0624 e. The van der Waals surface area contributed by atoms with Gasteiger partial charge < -0.3 is 5.32 Å². The maximum absolute atomic E-state index is 6.29. The van der Waals surface area contributed by atoms with Crippen molar-refractivity contribution in [1.29, 1.82) is 0 Å². The first-order valence-electron chi connectivity index (χ1n) is 7.04. The van der Waals surface area contributed by atoms with Gasteiger partial charge in [0.05, 0.1) is 10.0 Å². The van der Waals surface area contributed by atoms with Crippen molar-refractivity contribution in [3.8, 4) is 0 Å². The van der Waals surface area contributed by atoms with Gasteiger partial charge in [-0.1, -0.05) is 60.5 Å². The van der Waals surface area contributed by atoms with Gasteiger partial charge >= 0.3 is 0 Å². The minimum Gasteiger partial charge on any atom is -0.313 e. The molecule has 0 radical (unpaired) electrons. The maximum atomic E-state index is 6.29. The molecule has 21 heavy (non-hydrogen) atoms. The van der Waals surface area contributed by atoms with E-state index < -0.39 is 0 Å². The minimum absolute atomic E-state index is 0.371. The van der Waals surface area contributed by atoms with E-state index in [4.69, 9.17) is 23.2 Å². The second kappa shape index (κ2) is 8.70. The van der Waals surface area contributed by atoms with Crippen LogP contribution in [-0.4, -0.2) is 18.3 Å². The van der Waals surface area contributed by atoms with Crippen LogP contribution >= 0.6 is 35.0 Å². The third-order valence-electron chi connectivity index (χ3n) is 3.19. The average molecular weight is 340 g/mol. The summed E-state index contributed by atoms with van der Waals surface area (Å²) in [6.07, 6.45) is 0.882. The van der Waals surface area contributed by atoms with E-state index in [0.717, 1.165) is 24.3 Å². The predicted molar refractivity (Wildman–Crippen MR) is 94.8 cm³/mol. The fourth-order valence-electron chi connectivity index (χ4n) is 2.16. The zero-order valence-electron chi connectivity index (χ0n) is 12.0. The summed E-state index contributed by atoms with van der Waals surface area (Å²) in [4.78, 5) is 1.29. The van der Waals surface area contributed by atoms with Gasteiger partial charge in [-0.2, -0.15) is 0 Å². The zero-order valence-corrected chi connectivity index (χ0v) is 14.3. The van der Waals surface area contributed by atoms with E-state index in [2.05, 4.69) is 36.5 Å². The van der Waals surface area contributed by atoms with E-state index in [0.29, 0.717) is 16.1 Å². The summed E-state index contributed by atoms with van der Waals surface area (Å²) >= 11 is 14.2. The van der Waals surface area contributed by atoms with Crippen LogP contribution in [0.3, 0.4) is 0 Å². The number of rotatable bonds is 7. The van der Waals surface area contributed by atoms with E-state index in [1.165, 1.54) is 4.90 Å². The van der Waals surface area contributed by atoms with Gasteiger partial charge in [-0.3, -0.25) is 0 Å². The lowest BCUT2D eigenvalue weighted by Crippen LogP contribution is -2.33. The predicted octanol–water partition coefficient (Wildman–Crippen LogP) is 5.31. The van der Waals surface area contributed by atoms with Crippen LogP contribution in [0.15, 0.2) is 53.4 Å². The van der Waals surface area contributed by atoms with Crippen molar-refractivity contribution in [3.63, 3.8) is 0 Å². The van der Waals surface area contributed by atoms with E-state index in [9.17, 15) is 0 Å². The summed E-state index contributed by atoms with van der Waals surface area (Å²) in [5, 5.41) is 4.82. The van der Waals surface area contributed by atoms with Gasteiger partial charge in [-0.15, -0.1) is 11.8 Å². The first-order valence-corrected chi connectivity index (χ1v) is 8.79. The normalized spacial score (nSPS) is 12.3. The Hall–Kier alpha value is -0.670. The van der Waals surface area contributed by atoms with Crippen LogP contribution in [0.25, 0.3) is 0 Å². The fraction of sp³-hybridized carbons (Fsp3) is 0.294. The van der Waals surface area contributed by atoms with Crippen LogP contribution in [0.2, 0.25) is 10.0 Å². The summed E-state index contributed by atoms with van der Waals surface area (Å²) in [5.41, 5.74) is 1.10. The Labute approximate surface area is 141 Å². The molecule has 112 valence electrons. The molecule has 0 heterocycles. The molecule has 0 saturated heterocycles. The Morgan fingerprint density at radius 1 is 1.05 bits per heavy atom. The smallest absolute Gasteiger partial charge is 0.0624 e. The average Bonchev–Trinajstić information content (AvgIpc) is 2.50. The van der Waals surface area contributed by atoms with Crippen molar-refractivity contribution >= 4 is 35.0 Å². The first-order chi connectivity index (χ1) is 10.2. The molecule has 2 aromatic carbocycles. The van der Waals surface area contributed by atoms with Crippen molar-refractivity contribution in [2.75, 3.05) is 12.3 Å². The number of hydrogen-bond donors (Lipinski definition) is 1. The Bertz CT molecular complexity index is 560. The molecule has 0 bridgehead atoms. The highest BCUT2D eigenvalue weighted by molar-refractivity contribution is 7.99. The van der Waals surface area contributed by atoms with Gasteiger partial charge in [-0.25, -0.2) is 0 Å². The van der Waals surface area contributed by atoms with Crippen molar-refractivity contribution < 1.29 is 0 Å². The summed E-state index contributed by atoms with van der Waals surface area (Å²) in [6.45, 7) is 3.07. The first kappa shape index (κ1) is 16.7. The Kier molecular flexibility index (Phi) is 6.91. The van der Waals surface area contributed by atoms with Crippen LogP contribution in [0.5, 0.6) is 0 Å². The monoisotopic (exact) mass is 339 g/mol. The van der Waals surface area contributed by atoms with Gasteiger partial charge in [0.1, 0.15) is 0 Å². The van der Waals surface area contributed by atoms with Crippen LogP contribution in [0, 0.1) is 0 Å². The standard InChI is InChI=1S/C17H19Cl2NS/c1-2-20-14(12-21-15-8-4-3-5-9-15)11-13-7-6-10-16(18)17(13)19/h3-10,14,20H,2,11-12H2,1H3. The number of benzene rings is 2. The molecule has 2 rings (SSSR count). The molecule has 0 aliphatic rings. The number of hydrogen-bond acceptors (Lipinski definition) is 2. The molecule has 1 N–H and O–H groups in total. The summed E-state index contributed by atoms with van der Waals surface area (Å²) < 4.78 is 0. The van der Waals surface area contributed by atoms with Crippen LogP contribution < -0.4 is 5.32 Å². The molecule has 4 heteroatoms. The van der Waals surface area contributed by atoms with Crippen molar-refractivity contribution in [2.24, 2.45) is 0 Å². The number of halogens is 2. The molecule has 0 fully saturated rings. The van der Waals surface area contributed by atoms with Crippen molar-refractivity contribution in [3.05, 3.63) is 64.1 Å². The third kappa shape index (κ3) is 5.23. The molecular weight excluding hydrogens is 321 g/mol. The van der Waals surface area contributed by atoms with Crippen LogP contribution in [-0.2, 0) is 6.42 Å². The fourth-order valence-corrected chi connectivity index (χ4v) is 3.54. The van der Waals surface area contributed by atoms with Gasteiger partial charge in [0, 0.05) is 16.7 Å². The lowest BCUT2D eigenvalue weighted by atomic mass is 10.1. The quantitative estimate of drug-likeness (QED) is 0.686. The molecule has 1 atom stereocenters. The molecule has 0 saturated carbocycles. The molecule has 0 amide bonds. The number of nitrogens with one attached hydrogen (secondary N) is 1. The summed E-state index contributed by atoms with van der Waals surface area (Å²) in [6, 6.07) is 16.7. The Morgan fingerprint density at radius 3 is 2.52 bits per heavy atom. The highest BCUT2D eigenvalue weighted by Gasteiger charge is 2.12. The third-order valence-corrected chi connectivity index (χ3v) is 5.22. The van der Waals surface area contributed by atoms with Gasteiger partial charge in [0.2, 0.25) is 0 Å². The highest BCUT2D eigenvalue weighted by atomic mass is 35.5. The summed E-state index contributed by atoms with van der Waals surface area (Å²) in [5.74, 6) is 1.00. The summed E-state index contributed by atoms with van der Waals surface area (Å²) in [7, 11) is 0. The zero-order chi connectivity index (χ0) is 15.1. The molecule has 0 aliphatic heterocycles. The topological polar surface area (TPSA) is 12.0 Å². The molecule has 2 aromatic rings. The molecule has 0 spiro atoms. The Morgan fingerprint density at radius 2 is 1.81 bits per heavy atom.